The van der Waals surface area contributed by atoms with Gasteiger partial charge in [-0.3, -0.25) is 18.6 Å². The van der Waals surface area contributed by atoms with Gasteiger partial charge in [-0.05, 0) is 122 Å². The standard InChI is InChI=1S/C73H125N2O7P/c1-7-10-13-16-19-22-25-27-29-31-33-35-37-39-41-43-45-47-50-53-56-59-62-65-72(76)74-70(69-81-83(78,79)80-68-67-75(4,5)6)71(64-61-58-55-52-49-24-21-18-15-12-9-3)82-73(77)66-63-60-57-54-51-48-46-44-42-40-38-36-34-32-30-28-26-23-20-17-14-11-8-2/h10-11,13-14,19-20,22-23,27-30,33-36,39-42,61,64,70-71H,7-9,12,15-18,21,24-26,31-32,37-38,43-60,62-63,65-69H2,1-6H3,(H-,74,76,78,79)/p+1/b13-10-,14-11-,22-19-,23-20-,29-27-,30-28-,35-33-,36-34-,41-39-,42-40-,64-61+. The van der Waals surface area contributed by atoms with Crippen LogP contribution < -0.4 is 5.32 Å². The highest BCUT2D eigenvalue weighted by Gasteiger charge is 2.30. The molecule has 3 unspecified atom stereocenters. The van der Waals surface area contributed by atoms with E-state index in [1.807, 2.05) is 33.3 Å². The quantitative estimate of drug-likeness (QED) is 0.0205. The number of quaternary nitrogens is 1. The van der Waals surface area contributed by atoms with Crippen molar-refractivity contribution in [3.05, 3.63) is 134 Å². The number of likely N-dealkylation sites (N-methyl/N-ethyl adjacent to an activating group) is 1. The molecule has 0 rings (SSSR count). The fraction of sp³-hybridized carbons (Fsp3) is 0.671. The molecule has 0 saturated heterocycles. The topological polar surface area (TPSA) is 111 Å². The van der Waals surface area contributed by atoms with Crippen molar-refractivity contribution in [3.63, 3.8) is 0 Å². The van der Waals surface area contributed by atoms with Gasteiger partial charge in [0.05, 0.1) is 33.8 Å². The molecule has 0 aromatic heterocycles. The molecule has 1 amide bonds. The molecule has 474 valence electrons. The number of ether oxygens (including phenoxy) is 1. The van der Waals surface area contributed by atoms with Gasteiger partial charge in [0.15, 0.2) is 0 Å². The summed E-state index contributed by atoms with van der Waals surface area (Å²) in [5, 5.41) is 3.05. The number of esters is 1. The van der Waals surface area contributed by atoms with Gasteiger partial charge in [0.2, 0.25) is 5.91 Å². The molecule has 10 heteroatoms. The Labute approximate surface area is 511 Å². The highest BCUT2D eigenvalue weighted by atomic mass is 31.2. The van der Waals surface area contributed by atoms with Crippen LogP contribution in [0.2, 0.25) is 0 Å². The Hall–Kier alpha value is -3.85. The van der Waals surface area contributed by atoms with Crippen molar-refractivity contribution in [2.45, 2.75) is 277 Å². The minimum Gasteiger partial charge on any atom is -0.456 e. The van der Waals surface area contributed by atoms with Crippen molar-refractivity contribution in [1.29, 1.82) is 0 Å². The van der Waals surface area contributed by atoms with Crippen LogP contribution in [-0.4, -0.2) is 74.3 Å². The largest absolute Gasteiger partial charge is 0.472 e. The lowest BCUT2D eigenvalue weighted by Gasteiger charge is -2.27. The van der Waals surface area contributed by atoms with Crippen LogP contribution in [0.5, 0.6) is 0 Å². The van der Waals surface area contributed by atoms with Crippen LogP contribution in [0.3, 0.4) is 0 Å². The highest BCUT2D eigenvalue weighted by Crippen LogP contribution is 2.43. The number of unbranched alkanes of at least 4 members (excludes halogenated alkanes) is 23. The Morgan fingerprint density at radius 3 is 1.16 bits per heavy atom. The van der Waals surface area contributed by atoms with Crippen molar-refractivity contribution in [1.82, 2.24) is 5.32 Å². The summed E-state index contributed by atoms with van der Waals surface area (Å²) in [6, 6.07) is -0.870. The van der Waals surface area contributed by atoms with Crippen LogP contribution in [-0.2, 0) is 27.9 Å². The monoisotopic (exact) mass is 1170 g/mol. The molecule has 0 aromatic rings. The summed E-state index contributed by atoms with van der Waals surface area (Å²) in [5.41, 5.74) is 0. The van der Waals surface area contributed by atoms with E-state index in [4.69, 9.17) is 13.8 Å². The predicted octanol–water partition coefficient (Wildman–Crippen LogP) is 21.2. The second-order valence-corrected chi connectivity index (χ2v) is 24.7. The molecule has 0 saturated carbocycles. The van der Waals surface area contributed by atoms with Gasteiger partial charge in [-0.1, -0.05) is 264 Å². The molecule has 0 aromatic carbocycles. The van der Waals surface area contributed by atoms with Crippen molar-refractivity contribution < 1.29 is 37.3 Å². The Kier molecular flexibility index (Phi) is 58.4. The van der Waals surface area contributed by atoms with Crippen LogP contribution >= 0.6 is 7.82 Å². The molecule has 3 atom stereocenters. The number of carbonyl (C=O) groups excluding carboxylic acids is 2. The maximum atomic E-state index is 13.6. The van der Waals surface area contributed by atoms with Gasteiger partial charge in [0.25, 0.3) is 0 Å². The van der Waals surface area contributed by atoms with Gasteiger partial charge in [0, 0.05) is 12.8 Å². The van der Waals surface area contributed by atoms with Crippen molar-refractivity contribution >= 4 is 19.7 Å². The number of amides is 1. The van der Waals surface area contributed by atoms with E-state index in [0.29, 0.717) is 17.4 Å². The fourth-order valence-electron chi connectivity index (χ4n) is 8.99. The van der Waals surface area contributed by atoms with Gasteiger partial charge in [-0.2, -0.15) is 0 Å². The summed E-state index contributed by atoms with van der Waals surface area (Å²) in [7, 11) is 1.46. The van der Waals surface area contributed by atoms with E-state index in [0.717, 1.165) is 148 Å². The highest BCUT2D eigenvalue weighted by molar-refractivity contribution is 7.47. The zero-order chi connectivity index (χ0) is 60.7. The van der Waals surface area contributed by atoms with Crippen LogP contribution in [0.4, 0.5) is 0 Å². The van der Waals surface area contributed by atoms with Crippen molar-refractivity contribution in [3.8, 4) is 0 Å². The number of nitrogens with zero attached hydrogens (tertiary/aromatic N) is 1. The molecular formula is C73H126N2O7P+. The SMILES string of the molecule is CC/C=C\C/C=C\C/C=C\C/C=C\C/C=C\CCCCCCCCCC(=O)NC(COP(=O)(O)OCC[N+](C)(C)C)C(/C=C/CCCCCCCCCCC)OC(=O)CCCCCCCCC/C=C\C/C=C\C/C=C\C/C=C\C/C=C\CC. The summed E-state index contributed by atoms with van der Waals surface area (Å²) in [6.45, 7) is 6.76. The van der Waals surface area contributed by atoms with Crippen molar-refractivity contribution in [2.24, 2.45) is 0 Å². The third kappa shape index (κ3) is 62.5. The molecule has 0 bridgehead atoms. The van der Waals surface area contributed by atoms with Gasteiger partial charge >= 0.3 is 13.8 Å². The minimum absolute atomic E-state index is 0.0285. The van der Waals surface area contributed by atoms with E-state index in [1.165, 1.54) is 83.5 Å². The van der Waals surface area contributed by atoms with Gasteiger partial charge < -0.3 is 19.4 Å². The van der Waals surface area contributed by atoms with E-state index in [2.05, 4.69) is 148 Å². The average Bonchev–Trinajstić information content (AvgIpc) is 3.51. The lowest BCUT2D eigenvalue weighted by atomic mass is 10.1. The molecule has 0 heterocycles. The first-order chi connectivity index (χ1) is 40.4. The molecule has 0 aliphatic carbocycles. The molecule has 0 radical (unpaired) electrons. The summed E-state index contributed by atoms with van der Waals surface area (Å²) in [6.07, 6.45) is 87.4. The second kappa shape index (κ2) is 61.2. The number of hydrogen-bond acceptors (Lipinski definition) is 6. The molecule has 83 heavy (non-hydrogen) atoms. The first-order valence-electron chi connectivity index (χ1n) is 33.5. The van der Waals surface area contributed by atoms with E-state index >= 15 is 0 Å². The third-order valence-electron chi connectivity index (χ3n) is 14.1. The molecule has 2 N–H and O–H groups in total. The molecule has 0 aliphatic heterocycles. The summed E-state index contributed by atoms with van der Waals surface area (Å²) in [4.78, 5) is 37.8. The Morgan fingerprint density at radius 1 is 0.434 bits per heavy atom. The number of phosphoric ester groups is 1. The summed E-state index contributed by atoms with van der Waals surface area (Å²) >= 11 is 0. The number of allylic oxidation sites excluding steroid dienone is 21. The first kappa shape index (κ1) is 79.2. The minimum atomic E-state index is -4.47. The Morgan fingerprint density at radius 2 is 0.771 bits per heavy atom. The number of rotatable bonds is 59. The molecule has 0 fully saturated rings. The van der Waals surface area contributed by atoms with E-state index < -0.39 is 20.0 Å². The number of carbonyl (C=O) groups is 2. The number of nitrogens with one attached hydrogen (secondary N) is 1. The van der Waals surface area contributed by atoms with Gasteiger partial charge in [-0.25, -0.2) is 4.57 Å². The Bertz CT molecular complexity index is 1880. The maximum Gasteiger partial charge on any atom is 0.472 e. The van der Waals surface area contributed by atoms with E-state index in [-0.39, 0.29) is 31.5 Å². The van der Waals surface area contributed by atoms with Crippen molar-refractivity contribution in [2.75, 3.05) is 40.9 Å². The number of hydrogen-bond donors (Lipinski definition) is 2. The molecule has 0 aliphatic rings. The number of phosphoric acid groups is 1. The smallest absolute Gasteiger partial charge is 0.456 e. The van der Waals surface area contributed by atoms with Gasteiger partial charge in [-0.15, -0.1) is 0 Å². The lowest BCUT2D eigenvalue weighted by Crippen LogP contribution is -2.47. The van der Waals surface area contributed by atoms with E-state index in [1.54, 1.807) is 0 Å². The zero-order valence-electron chi connectivity index (χ0n) is 54.1. The molecule has 9 nitrogen and oxygen atoms in total. The zero-order valence-corrected chi connectivity index (χ0v) is 55.0. The molecular weight excluding hydrogens is 1050 g/mol. The van der Waals surface area contributed by atoms with Crippen LogP contribution in [0, 0.1) is 0 Å². The van der Waals surface area contributed by atoms with Crippen LogP contribution in [0.15, 0.2) is 134 Å². The Balaban J connectivity index is 5.17. The fourth-order valence-corrected chi connectivity index (χ4v) is 9.73. The normalized spacial score (nSPS) is 14.4. The van der Waals surface area contributed by atoms with Gasteiger partial charge in [0.1, 0.15) is 19.3 Å². The van der Waals surface area contributed by atoms with Crippen LogP contribution in [0.1, 0.15) is 265 Å². The summed E-state index contributed by atoms with van der Waals surface area (Å²) < 4.78 is 30.7. The molecule has 0 spiro atoms. The lowest BCUT2D eigenvalue weighted by molar-refractivity contribution is -0.870. The third-order valence-corrected chi connectivity index (χ3v) is 15.1. The summed E-state index contributed by atoms with van der Waals surface area (Å²) in [5.74, 6) is -0.538. The second-order valence-electron chi connectivity index (χ2n) is 23.2. The van der Waals surface area contributed by atoms with E-state index in [9.17, 15) is 19.0 Å². The predicted molar refractivity (Wildman–Crippen MR) is 359 cm³/mol. The first-order valence-corrected chi connectivity index (χ1v) is 35.0. The maximum absolute atomic E-state index is 13.6. The van der Waals surface area contributed by atoms with Crippen LogP contribution in [0.25, 0.3) is 0 Å². The average molecular weight is 1170 g/mol.